The molecule has 21 heteroatoms. The number of sulfone groups is 1. The molecule has 0 spiro atoms. The van der Waals surface area contributed by atoms with Crippen LogP contribution >= 0.6 is 23.4 Å². The Kier molecular flexibility index (Phi) is 22.4. The Hall–Kier alpha value is -5.79. The van der Waals surface area contributed by atoms with Gasteiger partial charge in [-0.05, 0) is 142 Å². The molecule has 0 aliphatic carbocycles. The van der Waals surface area contributed by atoms with Crippen LogP contribution in [-0.2, 0) is 28.7 Å². The number of carbonyl (C=O) groups excluding carboxylic acids is 1. The SMILES string of the molecule is CC(C)(C)[Si](C)(C)O[C@@H](c1ccccc1-c1ccc(Cl)cc1)C1CCN(c2ccc(C(=O)NS(=O)(=O)c3ccc(NC(CCN4CCN(CCO[Si](c5ccccc5)(c5ccccc5)C(C)(C)C)CC4)CSc4ccccc4)c(S(=O)(=O)C(F)(F)F)c3)cc2)CC1. The molecule has 7 aromatic rings. The number of hydrogen-bond donors (Lipinski definition) is 2. The summed E-state index contributed by atoms with van der Waals surface area (Å²) in [5, 5.41) is 6.00. The maximum absolute atomic E-state index is 14.6. The molecule has 2 N–H and O–H groups in total. The highest BCUT2D eigenvalue weighted by molar-refractivity contribution is 7.99. The molecular formula is C70H85ClF3N5O7S3Si2. The number of carbonyl (C=O) groups is 1. The number of thioether (sulfide) groups is 1. The van der Waals surface area contributed by atoms with Crippen molar-refractivity contribution < 1.29 is 43.7 Å². The largest absolute Gasteiger partial charge is 0.501 e. The highest BCUT2D eigenvalue weighted by atomic mass is 35.5. The molecule has 2 aliphatic rings. The van der Waals surface area contributed by atoms with Crippen LogP contribution in [0.2, 0.25) is 28.2 Å². The topological polar surface area (TPSA) is 138 Å². The quantitative estimate of drug-likeness (QED) is 0.0440. The third-order valence-corrected chi connectivity index (χ3v) is 31.9. The lowest BCUT2D eigenvalue weighted by Crippen LogP contribution is -2.67. The number of sulfonamides is 1. The van der Waals surface area contributed by atoms with E-state index in [1.54, 1.807) is 12.1 Å². The number of hydrogen-bond acceptors (Lipinski definition) is 12. The Morgan fingerprint density at radius 1 is 0.670 bits per heavy atom. The van der Waals surface area contributed by atoms with Gasteiger partial charge in [0.1, 0.15) is 4.90 Å². The number of alkyl halides is 3. The van der Waals surface area contributed by atoms with Crippen molar-refractivity contribution in [3.8, 4) is 11.1 Å². The van der Waals surface area contributed by atoms with Crippen molar-refractivity contribution in [1.82, 2.24) is 14.5 Å². The molecule has 2 atom stereocenters. The number of piperidine rings is 1. The molecule has 91 heavy (non-hydrogen) atoms. The summed E-state index contributed by atoms with van der Waals surface area (Å²) in [6.07, 6.45) is 1.86. The van der Waals surface area contributed by atoms with E-state index in [9.17, 15) is 34.8 Å². The molecule has 9 rings (SSSR count). The number of anilines is 2. The van der Waals surface area contributed by atoms with Gasteiger partial charge in [0.05, 0.1) is 16.7 Å². The Bertz CT molecular complexity index is 3740. The van der Waals surface area contributed by atoms with Crippen molar-refractivity contribution in [2.75, 3.05) is 74.9 Å². The second-order valence-electron chi connectivity index (χ2n) is 26.3. The molecule has 0 aromatic heterocycles. The van der Waals surface area contributed by atoms with Crippen LogP contribution in [0.15, 0.2) is 197 Å². The fraction of sp³-hybridized carbons (Fsp3) is 0.386. The molecule has 486 valence electrons. The van der Waals surface area contributed by atoms with Crippen molar-refractivity contribution in [1.29, 1.82) is 0 Å². The minimum absolute atomic E-state index is 0.0224. The van der Waals surface area contributed by atoms with Gasteiger partial charge in [-0.1, -0.05) is 168 Å². The van der Waals surface area contributed by atoms with E-state index in [4.69, 9.17) is 20.5 Å². The van der Waals surface area contributed by atoms with Crippen molar-refractivity contribution in [2.24, 2.45) is 5.92 Å². The van der Waals surface area contributed by atoms with E-state index in [2.05, 4.69) is 141 Å². The summed E-state index contributed by atoms with van der Waals surface area (Å²) in [4.78, 5) is 19.4. The zero-order valence-corrected chi connectivity index (χ0v) is 58.4. The maximum Gasteiger partial charge on any atom is 0.501 e. The Balaban J connectivity index is 0.854. The zero-order valence-electron chi connectivity index (χ0n) is 53.2. The summed E-state index contributed by atoms with van der Waals surface area (Å²) in [5.41, 5.74) is -2.12. The van der Waals surface area contributed by atoms with Gasteiger partial charge in [0, 0.05) is 91.9 Å². The molecule has 0 bridgehead atoms. The van der Waals surface area contributed by atoms with E-state index in [0.717, 1.165) is 85.0 Å². The molecule has 12 nitrogen and oxygen atoms in total. The molecule has 0 saturated carbocycles. The van der Waals surface area contributed by atoms with Crippen molar-refractivity contribution in [2.45, 2.75) is 116 Å². The molecule has 2 saturated heterocycles. The van der Waals surface area contributed by atoms with Gasteiger partial charge in [-0.2, -0.15) is 13.2 Å². The van der Waals surface area contributed by atoms with Gasteiger partial charge < -0.3 is 24.0 Å². The van der Waals surface area contributed by atoms with Crippen LogP contribution in [0, 0.1) is 5.92 Å². The first-order valence-electron chi connectivity index (χ1n) is 31.1. The predicted molar refractivity (Wildman–Crippen MR) is 369 cm³/mol. The number of amides is 1. The monoisotopic (exact) mass is 1350 g/mol. The van der Waals surface area contributed by atoms with Crippen molar-refractivity contribution >= 4 is 87.5 Å². The highest BCUT2D eigenvalue weighted by Gasteiger charge is 2.51. The van der Waals surface area contributed by atoms with Gasteiger partial charge in [0.25, 0.3) is 34.1 Å². The van der Waals surface area contributed by atoms with E-state index in [1.807, 2.05) is 77.5 Å². The average Bonchev–Trinajstić information content (AvgIpc) is 0.805. The molecule has 1 amide bonds. The number of rotatable bonds is 24. The summed E-state index contributed by atoms with van der Waals surface area (Å²) in [6, 6.07) is 55.2. The first-order valence-corrected chi connectivity index (χ1v) is 40.3. The number of benzene rings is 7. The number of halogens is 4. The van der Waals surface area contributed by atoms with Crippen molar-refractivity contribution in [3.05, 3.63) is 198 Å². The Morgan fingerprint density at radius 2 is 1.22 bits per heavy atom. The molecule has 2 fully saturated rings. The maximum atomic E-state index is 14.6. The minimum atomic E-state index is -6.13. The van der Waals surface area contributed by atoms with Gasteiger partial charge in [-0.25, -0.2) is 21.6 Å². The van der Waals surface area contributed by atoms with E-state index in [1.165, 1.54) is 34.3 Å². The smallest absolute Gasteiger partial charge is 0.410 e. The van der Waals surface area contributed by atoms with Crippen LogP contribution in [-0.4, -0.2) is 125 Å². The second kappa shape index (κ2) is 29.2. The van der Waals surface area contributed by atoms with E-state index < -0.39 is 69.4 Å². The fourth-order valence-electron chi connectivity index (χ4n) is 12.0. The van der Waals surface area contributed by atoms with Crippen LogP contribution in [0.4, 0.5) is 24.5 Å². The summed E-state index contributed by atoms with van der Waals surface area (Å²) in [5.74, 6) is -0.514. The average molecular weight is 1350 g/mol. The lowest BCUT2D eigenvalue weighted by atomic mass is 9.84. The molecular weight excluding hydrogens is 1270 g/mol. The minimum Gasteiger partial charge on any atom is -0.410 e. The summed E-state index contributed by atoms with van der Waals surface area (Å²) in [6.45, 7) is 24.2. The summed E-state index contributed by atoms with van der Waals surface area (Å²) in [7, 11) is -16.0. The highest BCUT2D eigenvalue weighted by Crippen LogP contribution is 2.47. The van der Waals surface area contributed by atoms with E-state index in [-0.39, 0.29) is 27.7 Å². The first kappa shape index (κ1) is 69.6. The van der Waals surface area contributed by atoms with Crippen LogP contribution in [0.1, 0.15) is 82.8 Å². The fourth-order valence-corrected chi connectivity index (χ4v) is 21.0. The number of nitrogens with one attached hydrogen (secondary N) is 2. The van der Waals surface area contributed by atoms with Gasteiger partial charge in [0.15, 0.2) is 8.32 Å². The van der Waals surface area contributed by atoms with E-state index in [0.29, 0.717) is 49.5 Å². The molecule has 2 aliphatic heterocycles. The van der Waals surface area contributed by atoms with Crippen LogP contribution in [0.25, 0.3) is 11.1 Å². The summed E-state index contributed by atoms with van der Waals surface area (Å²) >= 11 is 7.76. The third kappa shape index (κ3) is 16.8. The van der Waals surface area contributed by atoms with Gasteiger partial charge >= 0.3 is 5.51 Å². The lowest BCUT2D eigenvalue weighted by molar-refractivity contribution is -0.0436. The number of nitrogens with zero attached hydrogens (tertiary/aromatic N) is 3. The first-order chi connectivity index (χ1) is 43.1. The van der Waals surface area contributed by atoms with Crippen LogP contribution in [0.3, 0.4) is 0 Å². The predicted octanol–water partition coefficient (Wildman–Crippen LogP) is 14.6. The normalized spacial score (nSPS) is 16.1. The molecule has 7 aromatic carbocycles. The number of piperazine rings is 1. The van der Waals surface area contributed by atoms with Crippen molar-refractivity contribution in [3.63, 3.8) is 0 Å². The van der Waals surface area contributed by atoms with Gasteiger partial charge in [-0.3, -0.25) is 9.69 Å². The molecule has 2 heterocycles. The second-order valence-corrected chi connectivity index (χ2v) is 40.4. The lowest BCUT2D eigenvalue weighted by Gasteiger charge is -2.44. The molecule has 1 unspecified atom stereocenters. The van der Waals surface area contributed by atoms with Crippen LogP contribution < -0.4 is 25.3 Å². The zero-order chi connectivity index (χ0) is 65.4. The van der Waals surface area contributed by atoms with Gasteiger partial charge in [0.2, 0.25) is 0 Å². The third-order valence-electron chi connectivity index (χ3n) is 18.2. The molecule has 0 radical (unpaired) electrons. The standard InChI is InChI=1S/C70H85ClF3N5O7S3Si2/c1-68(2,3)90(7,8)86-66(63-27-19-18-26-62(63)52-28-32-55(71)33-29-52)53-38-42-79(43-39-53)57-34-30-54(31-35-57)67(80)76-89(83,84)59-36-37-64(65(50-59)88(81,82)70(72,73)74)75-56(51-87-58-20-12-9-13-21-58)40-41-77-44-46-78(47-45-77)48-49-85-91(69(4,5)6,60-22-14-10-15-23-60)61-24-16-11-17-25-61/h9-37,50,53,56,66,75H,38-49,51H2,1-8H3,(H,76,80)/t56?,66-/m1/s1. The van der Waals surface area contributed by atoms with Gasteiger partial charge in [-0.15, -0.1) is 11.8 Å². The Morgan fingerprint density at radius 3 is 1.78 bits per heavy atom. The van der Waals surface area contributed by atoms with E-state index >= 15 is 0 Å². The summed E-state index contributed by atoms with van der Waals surface area (Å²) < 4.78 is 115. The Labute approximate surface area is 548 Å². The van der Waals surface area contributed by atoms with Crippen LogP contribution in [0.5, 0.6) is 0 Å².